The Labute approximate surface area is 105 Å². The molecule has 1 aliphatic carbocycles. The molecule has 0 aromatic rings. The summed E-state index contributed by atoms with van der Waals surface area (Å²) in [5, 5.41) is 3.47. The van der Waals surface area contributed by atoms with E-state index in [1.165, 1.54) is 6.92 Å². The van der Waals surface area contributed by atoms with E-state index in [9.17, 15) is 14.0 Å². The normalized spacial score (nSPS) is 24.5. The van der Waals surface area contributed by atoms with Crippen LogP contribution in [-0.2, 0) is 19.2 Å². The molecule has 0 spiro atoms. The summed E-state index contributed by atoms with van der Waals surface area (Å²) < 4.78 is 18.1. The second-order valence-electron chi connectivity index (χ2n) is 4.16. The number of carbonyl (C=O) groups excluding carboxylic acids is 2. The van der Waals surface area contributed by atoms with E-state index in [2.05, 4.69) is 9.89 Å². The molecular formula is C12H18FNO4. The van der Waals surface area contributed by atoms with Crippen LogP contribution in [0.1, 0.15) is 39.5 Å². The van der Waals surface area contributed by atoms with Gasteiger partial charge in [-0.15, -0.1) is 0 Å². The minimum Gasteiger partial charge on any atom is -0.461 e. The Hall–Kier alpha value is -1.46. The highest BCUT2D eigenvalue weighted by atomic mass is 19.1. The molecule has 0 unspecified atom stereocenters. The Kier molecular flexibility index (Phi) is 5.74. The zero-order chi connectivity index (χ0) is 13.5. The summed E-state index contributed by atoms with van der Waals surface area (Å²) in [5.74, 6) is -1.39. The lowest BCUT2D eigenvalue weighted by Gasteiger charge is -2.23. The van der Waals surface area contributed by atoms with E-state index in [0.717, 1.165) is 12.8 Å². The fraction of sp³-hybridized carbons (Fsp3) is 0.750. The zero-order valence-corrected chi connectivity index (χ0v) is 10.6. The van der Waals surface area contributed by atoms with Gasteiger partial charge in [-0.25, -0.2) is 9.18 Å². The van der Waals surface area contributed by atoms with Gasteiger partial charge in [-0.05, 0) is 26.2 Å². The van der Waals surface area contributed by atoms with Gasteiger partial charge < -0.3 is 9.57 Å². The number of hydrogen-bond donors (Lipinski definition) is 0. The van der Waals surface area contributed by atoms with Gasteiger partial charge in [-0.3, -0.25) is 4.79 Å². The topological polar surface area (TPSA) is 65.0 Å². The summed E-state index contributed by atoms with van der Waals surface area (Å²) >= 11 is 0. The van der Waals surface area contributed by atoms with Gasteiger partial charge in [-0.2, -0.15) is 0 Å². The molecule has 0 aromatic heterocycles. The molecule has 18 heavy (non-hydrogen) atoms. The predicted octanol–water partition coefficient (Wildman–Crippen LogP) is 1.79. The van der Waals surface area contributed by atoms with Crippen molar-refractivity contribution in [1.29, 1.82) is 0 Å². The number of rotatable bonds is 5. The molecule has 1 fully saturated rings. The Morgan fingerprint density at radius 3 is 2.56 bits per heavy atom. The van der Waals surface area contributed by atoms with Gasteiger partial charge in [0.25, 0.3) is 0 Å². The van der Waals surface area contributed by atoms with Crippen LogP contribution in [0.3, 0.4) is 0 Å². The molecule has 0 bridgehead atoms. The number of nitrogens with zero attached hydrogens (tertiary/aromatic N) is 1. The van der Waals surface area contributed by atoms with Crippen LogP contribution in [0, 0.1) is 0 Å². The third-order valence-corrected chi connectivity index (χ3v) is 2.70. The lowest BCUT2D eigenvalue weighted by molar-refractivity contribution is -0.136. The molecule has 0 N–H and O–H groups in total. The van der Waals surface area contributed by atoms with E-state index in [1.807, 2.05) is 0 Å². The van der Waals surface area contributed by atoms with Crippen molar-refractivity contribution < 1.29 is 23.6 Å². The molecule has 5 nitrogen and oxygen atoms in total. The summed E-state index contributed by atoms with van der Waals surface area (Å²) in [4.78, 5) is 27.6. The maximum atomic E-state index is 13.5. The molecule has 102 valence electrons. The molecule has 0 radical (unpaired) electrons. The number of ketones is 1. The highest BCUT2D eigenvalue weighted by Crippen LogP contribution is 2.23. The van der Waals surface area contributed by atoms with Crippen LogP contribution in [0.15, 0.2) is 5.16 Å². The predicted molar refractivity (Wildman–Crippen MR) is 63.0 cm³/mol. The first-order valence-corrected chi connectivity index (χ1v) is 6.12. The van der Waals surface area contributed by atoms with Crippen LogP contribution < -0.4 is 0 Å². The van der Waals surface area contributed by atoms with Crippen LogP contribution >= 0.6 is 0 Å². The quantitative estimate of drug-likeness (QED) is 0.327. The first-order valence-electron chi connectivity index (χ1n) is 6.12. The lowest BCUT2D eigenvalue weighted by atomic mass is 9.96. The van der Waals surface area contributed by atoms with E-state index in [1.54, 1.807) is 6.92 Å². The van der Waals surface area contributed by atoms with Gasteiger partial charge in [-0.1, -0.05) is 11.6 Å². The van der Waals surface area contributed by atoms with E-state index in [0.29, 0.717) is 12.8 Å². The molecule has 0 amide bonds. The average molecular weight is 259 g/mol. The fourth-order valence-electron chi connectivity index (χ4n) is 1.74. The minimum absolute atomic E-state index is 0.139. The van der Waals surface area contributed by atoms with Gasteiger partial charge in [0.2, 0.25) is 5.71 Å². The van der Waals surface area contributed by atoms with Crippen molar-refractivity contribution in [3.8, 4) is 0 Å². The van der Waals surface area contributed by atoms with Gasteiger partial charge in [0.15, 0.2) is 11.9 Å². The molecular weight excluding hydrogens is 241 g/mol. The van der Waals surface area contributed by atoms with Crippen molar-refractivity contribution in [1.82, 2.24) is 0 Å². The van der Waals surface area contributed by atoms with E-state index < -0.39 is 29.7 Å². The van der Waals surface area contributed by atoms with Crippen molar-refractivity contribution in [2.24, 2.45) is 5.16 Å². The van der Waals surface area contributed by atoms with Crippen LogP contribution in [0.2, 0.25) is 0 Å². The average Bonchev–Trinajstić information content (AvgIpc) is 2.31. The number of hydrogen-bond acceptors (Lipinski definition) is 5. The number of halogens is 1. The first kappa shape index (κ1) is 14.6. The van der Waals surface area contributed by atoms with Gasteiger partial charge in [0.05, 0.1) is 6.61 Å². The van der Waals surface area contributed by atoms with E-state index >= 15 is 0 Å². The van der Waals surface area contributed by atoms with Crippen LogP contribution in [0.25, 0.3) is 0 Å². The summed E-state index contributed by atoms with van der Waals surface area (Å²) in [6, 6.07) is 0. The first-order chi connectivity index (χ1) is 8.56. The van der Waals surface area contributed by atoms with Gasteiger partial charge >= 0.3 is 5.97 Å². The number of esters is 1. The largest absolute Gasteiger partial charge is 0.461 e. The number of oxime groups is 1. The molecule has 0 aromatic carbocycles. The molecule has 0 heterocycles. The number of ether oxygens (including phenoxy) is 1. The summed E-state index contributed by atoms with van der Waals surface area (Å²) in [7, 11) is 0. The third-order valence-electron chi connectivity index (χ3n) is 2.70. The standard InChI is InChI=1S/C12H18FNO4/c1-3-17-12(16)11(8(2)15)14-18-10-7-5-4-6-9(10)13/h9-10H,3-7H2,1-2H3/b14-11-/t9-,10-/m1/s1. The molecule has 1 saturated carbocycles. The maximum absolute atomic E-state index is 13.5. The Bertz CT molecular complexity index is 343. The molecule has 1 rings (SSSR count). The van der Waals surface area contributed by atoms with Crippen molar-refractivity contribution in [3.05, 3.63) is 0 Å². The van der Waals surface area contributed by atoms with Crippen LogP contribution in [0.4, 0.5) is 4.39 Å². The second kappa shape index (κ2) is 7.08. The zero-order valence-electron chi connectivity index (χ0n) is 10.6. The van der Waals surface area contributed by atoms with Gasteiger partial charge in [0.1, 0.15) is 6.17 Å². The van der Waals surface area contributed by atoms with Crippen molar-refractivity contribution in [2.45, 2.75) is 51.8 Å². The Morgan fingerprint density at radius 2 is 2.00 bits per heavy atom. The highest BCUT2D eigenvalue weighted by molar-refractivity contribution is 6.63. The fourth-order valence-corrected chi connectivity index (χ4v) is 1.74. The third kappa shape index (κ3) is 4.09. The smallest absolute Gasteiger partial charge is 0.364 e. The molecule has 1 aliphatic rings. The maximum Gasteiger partial charge on any atom is 0.364 e. The number of carbonyl (C=O) groups is 2. The van der Waals surface area contributed by atoms with E-state index in [-0.39, 0.29) is 6.61 Å². The summed E-state index contributed by atoms with van der Waals surface area (Å²) in [6.07, 6.45) is 0.867. The summed E-state index contributed by atoms with van der Waals surface area (Å²) in [6.45, 7) is 2.95. The highest BCUT2D eigenvalue weighted by Gasteiger charge is 2.28. The summed E-state index contributed by atoms with van der Waals surface area (Å²) in [5.41, 5.74) is -0.422. The van der Waals surface area contributed by atoms with Crippen LogP contribution in [0.5, 0.6) is 0 Å². The van der Waals surface area contributed by atoms with Crippen molar-refractivity contribution >= 4 is 17.5 Å². The second-order valence-corrected chi connectivity index (χ2v) is 4.16. The monoisotopic (exact) mass is 259 g/mol. The minimum atomic E-state index is -1.10. The number of alkyl halides is 1. The van der Waals surface area contributed by atoms with Crippen LogP contribution in [-0.4, -0.2) is 36.3 Å². The SMILES string of the molecule is CCOC(=O)/C(=N\O[C@@H]1CCCC[C@H]1F)C(C)=O. The Balaban J connectivity index is 2.65. The van der Waals surface area contributed by atoms with Crippen molar-refractivity contribution in [3.63, 3.8) is 0 Å². The molecule has 6 heteroatoms. The number of Topliss-reactive ketones (excluding diaryl/α,β-unsaturated/α-hetero) is 1. The van der Waals surface area contributed by atoms with Gasteiger partial charge in [0, 0.05) is 6.92 Å². The molecule has 0 aliphatic heterocycles. The Morgan fingerprint density at radius 1 is 1.33 bits per heavy atom. The molecule has 0 saturated heterocycles. The van der Waals surface area contributed by atoms with E-state index in [4.69, 9.17) is 4.84 Å². The molecule has 2 atom stereocenters. The lowest BCUT2D eigenvalue weighted by Crippen LogP contribution is -2.30. The van der Waals surface area contributed by atoms with Crippen molar-refractivity contribution in [2.75, 3.05) is 6.61 Å².